The molecule has 136 valence electrons. The fraction of sp³-hybridized carbons (Fsp3) is 0.238. The molecule has 3 aromatic rings. The lowest BCUT2D eigenvalue weighted by Gasteiger charge is -2.30. The molecule has 2 aromatic heterocycles. The van der Waals surface area contributed by atoms with Crippen molar-refractivity contribution >= 4 is 12.2 Å². The normalized spacial score (nSPS) is 18.7. The van der Waals surface area contributed by atoms with Gasteiger partial charge in [0.15, 0.2) is 0 Å². The zero-order valence-electron chi connectivity index (χ0n) is 14.9. The summed E-state index contributed by atoms with van der Waals surface area (Å²) in [5.41, 5.74) is 10.9. The molecule has 0 bridgehead atoms. The van der Waals surface area contributed by atoms with Crippen LogP contribution in [0.5, 0.6) is 0 Å². The van der Waals surface area contributed by atoms with E-state index >= 15 is 0 Å². The molecular weight excluding hydrogens is 343 g/mol. The summed E-state index contributed by atoms with van der Waals surface area (Å²) in [5, 5.41) is 0. The van der Waals surface area contributed by atoms with Crippen molar-refractivity contribution in [1.82, 2.24) is 15.0 Å². The van der Waals surface area contributed by atoms with Crippen LogP contribution in [0.25, 0.3) is 11.1 Å². The standard InChI is InChI=1S/C21H19FN4O/c1-12-20-15(11-27)7-14(8-19(20)26-21(23)25-12)17-5-4-16(22)9-18(17)13-3-2-6-24-10-13/h2-6,9-11,14-15H,7-8H2,1H3,(H2,23,25,26). The molecule has 1 aliphatic carbocycles. The van der Waals surface area contributed by atoms with E-state index < -0.39 is 0 Å². The van der Waals surface area contributed by atoms with Crippen molar-refractivity contribution in [2.75, 3.05) is 5.73 Å². The first-order valence-electron chi connectivity index (χ1n) is 8.85. The molecule has 2 unspecified atom stereocenters. The predicted molar refractivity (Wildman–Crippen MR) is 101 cm³/mol. The van der Waals surface area contributed by atoms with E-state index in [-0.39, 0.29) is 23.6 Å². The van der Waals surface area contributed by atoms with Gasteiger partial charge in [0.05, 0.1) is 5.69 Å². The lowest BCUT2D eigenvalue weighted by Crippen LogP contribution is -2.23. The Labute approximate surface area is 156 Å². The van der Waals surface area contributed by atoms with Gasteiger partial charge in [-0.3, -0.25) is 4.98 Å². The molecule has 1 aromatic carbocycles. The predicted octanol–water partition coefficient (Wildman–Crippen LogP) is 3.58. The van der Waals surface area contributed by atoms with Gasteiger partial charge in [-0.25, -0.2) is 14.4 Å². The zero-order chi connectivity index (χ0) is 19.0. The molecule has 2 atom stereocenters. The third-order valence-corrected chi connectivity index (χ3v) is 5.17. The molecule has 0 saturated carbocycles. The van der Waals surface area contributed by atoms with Crippen LogP contribution in [0.1, 0.15) is 40.8 Å². The Morgan fingerprint density at radius 1 is 1.26 bits per heavy atom. The first-order valence-corrected chi connectivity index (χ1v) is 8.85. The van der Waals surface area contributed by atoms with Gasteiger partial charge in [-0.15, -0.1) is 0 Å². The molecule has 2 heterocycles. The molecule has 0 spiro atoms. The minimum atomic E-state index is -0.303. The molecule has 5 nitrogen and oxygen atoms in total. The lowest BCUT2D eigenvalue weighted by molar-refractivity contribution is -0.109. The van der Waals surface area contributed by atoms with E-state index in [1.54, 1.807) is 18.5 Å². The average Bonchev–Trinajstić information content (AvgIpc) is 2.67. The summed E-state index contributed by atoms with van der Waals surface area (Å²) in [6.45, 7) is 1.85. The molecular formula is C21H19FN4O. The fourth-order valence-electron chi connectivity index (χ4n) is 4.06. The van der Waals surface area contributed by atoms with E-state index in [0.29, 0.717) is 12.8 Å². The number of aldehydes is 1. The largest absolute Gasteiger partial charge is 0.368 e. The van der Waals surface area contributed by atoms with Crippen LogP contribution in [0.2, 0.25) is 0 Å². The van der Waals surface area contributed by atoms with Crippen LogP contribution in [-0.4, -0.2) is 21.2 Å². The zero-order valence-corrected chi connectivity index (χ0v) is 14.9. The third kappa shape index (κ3) is 3.18. The maximum atomic E-state index is 14.0. The number of carbonyl (C=O) groups excluding carboxylic acids is 1. The number of halogens is 1. The van der Waals surface area contributed by atoms with E-state index in [0.717, 1.165) is 39.9 Å². The highest BCUT2D eigenvalue weighted by atomic mass is 19.1. The van der Waals surface area contributed by atoms with Crippen LogP contribution in [-0.2, 0) is 11.2 Å². The number of hydrogen-bond acceptors (Lipinski definition) is 5. The van der Waals surface area contributed by atoms with Crippen molar-refractivity contribution in [1.29, 1.82) is 0 Å². The number of aromatic nitrogens is 3. The minimum absolute atomic E-state index is 0.0252. The Kier molecular flexibility index (Phi) is 4.39. The van der Waals surface area contributed by atoms with Gasteiger partial charge >= 0.3 is 0 Å². The van der Waals surface area contributed by atoms with E-state index in [2.05, 4.69) is 15.0 Å². The van der Waals surface area contributed by atoms with Gasteiger partial charge in [-0.2, -0.15) is 0 Å². The quantitative estimate of drug-likeness (QED) is 0.720. The van der Waals surface area contributed by atoms with Crippen LogP contribution < -0.4 is 5.73 Å². The van der Waals surface area contributed by atoms with E-state index in [1.165, 1.54) is 12.1 Å². The van der Waals surface area contributed by atoms with Crippen LogP contribution in [0, 0.1) is 12.7 Å². The van der Waals surface area contributed by atoms with Gasteiger partial charge in [0.1, 0.15) is 12.1 Å². The van der Waals surface area contributed by atoms with Gasteiger partial charge in [0, 0.05) is 35.1 Å². The number of fused-ring (bicyclic) bond motifs is 1. The number of rotatable bonds is 3. The number of nitrogen functional groups attached to an aromatic ring is 1. The number of nitrogens with zero attached hydrogens (tertiary/aromatic N) is 3. The van der Waals surface area contributed by atoms with Gasteiger partial charge in [0.2, 0.25) is 5.95 Å². The molecule has 6 heteroatoms. The maximum Gasteiger partial charge on any atom is 0.220 e. The van der Waals surface area contributed by atoms with Gasteiger partial charge in [-0.05, 0) is 55.0 Å². The molecule has 0 amide bonds. The van der Waals surface area contributed by atoms with Crippen LogP contribution >= 0.6 is 0 Å². The molecule has 1 aliphatic rings. The van der Waals surface area contributed by atoms with E-state index in [4.69, 9.17) is 5.73 Å². The average molecular weight is 362 g/mol. The van der Waals surface area contributed by atoms with Crippen molar-refractivity contribution in [2.24, 2.45) is 0 Å². The number of nitrogens with two attached hydrogens (primary N) is 1. The van der Waals surface area contributed by atoms with Crippen molar-refractivity contribution in [3.05, 3.63) is 71.1 Å². The summed E-state index contributed by atoms with van der Waals surface area (Å²) >= 11 is 0. The highest BCUT2D eigenvalue weighted by Gasteiger charge is 2.32. The summed E-state index contributed by atoms with van der Waals surface area (Å²) in [4.78, 5) is 24.5. The number of pyridine rings is 1. The number of aryl methyl sites for hydroxylation is 1. The van der Waals surface area contributed by atoms with Crippen LogP contribution in [0.4, 0.5) is 10.3 Å². The molecule has 0 radical (unpaired) electrons. The fourth-order valence-corrected chi connectivity index (χ4v) is 4.06. The Hall–Kier alpha value is -3.15. The summed E-state index contributed by atoms with van der Waals surface area (Å²) in [6, 6.07) is 8.51. The summed E-state index contributed by atoms with van der Waals surface area (Å²) in [5.74, 6) is -0.366. The lowest BCUT2D eigenvalue weighted by atomic mass is 9.74. The van der Waals surface area contributed by atoms with Crippen molar-refractivity contribution in [2.45, 2.75) is 31.6 Å². The van der Waals surface area contributed by atoms with E-state index in [1.807, 2.05) is 19.1 Å². The van der Waals surface area contributed by atoms with E-state index in [9.17, 15) is 9.18 Å². The van der Waals surface area contributed by atoms with Crippen molar-refractivity contribution in [3.8, 4) is 11.1 Å². The van der Waals surface area contributed by atoms with Crippen LogP contribution in [0.3, 0.4) is 0 Å². The Bertz CT molecular complexity index is 1010. The minimum Gasteiger partial charge on any atom is -0.368 e. The molecule has 0 aliphatic heterocycles. The monoisotopic (exact) mass is 362 g/mol. The first kappa shape index (κ1) is 17.3. The van der Waals surface area contributed by atoms with Gasteiger partial charge in [0.25, 0.3) is 0 Å². The molecule has 2 N–H and O–H groups in total. The number of benzene rings is 1. The van der Waals surface area contributed by atoms with Crippen molar-refractivity contribution < 1.29 is 9.18 Å². The Balaban J connectivity index is 1.82. The smallest absolute Gasteiger partial charge is 0.220 e. The maximum absolute atomic E-state index is 14.0. The second kappa shape index (κ2) is 6.87. The SMILES string of the molecule is Cc1nc(N)nc2c1C(C=O)CC(c1ccc(F)cc1-c1cccnc1)C2. The molecule has 4 rings (SSSR count). The molecule has 0 fully saturated rings. The number of anilines is 1. The highest BCUT2D eigenvalue weighted by molar-refractivity contribution is 5.69. The molecule has 27 heavy (non-hydrogen) atoms. The summed E-state index contributed by atoms with van der Waals surface area (Å²) in [6.07, 6.45) is 5.61. The molecule has 0 saturated heterocycles. The summed E-state index contributed by atoms with van der Waals surface area (Å²) in [7, 11) is 0. The Morgan fingerprint density at radius 3 is 2.85 bits per heavy atom. The first-order chi connectivity index (χ1) is 13.1. The second-order valence-electron chi connectivity index (χ2n) is 6.88. The van der Waals surface area contributed by atoms with Gasteiger partial charge < -0.3 is 10.5 Å². The number of hydrogen-bond donors (Lipinski definition) is 1. The Morgan fingerprint density at radius 2 is 2.11 bits per heavy atom. The summed E-state index contributed by atoms with van der Waals surface area (Å²) < 4.78 is 14.0. The number of carbonyl (C=O) groups is 1. The van der Waals surface area contributed by atoms with Crippen molar-refractivity contribution in [3.63, 3.8) is 0 Å². The van der Waals surface area contributed by atoms with Crippen LogP contribution in [0.15, 0.2) is 42.7 Å². The van der Waals surface area contributed by atoms with Gasteiger partial charge in [-0.1, -0.05) is 12.1 Å². The third-order valence-electron chi connectivity index (χ3n) is 5.17. The highest BCUT2D eigenvalue weighted by Crippen LogP contribution is 2.42. The topological polar surface area (TPSA) is 81.8 Å². The second-order valence-corrected chi connectivity index (χ2v) is 6.88.